The maximum atomic E-state index is 14.0. The van der Waals surface area contributed by atoms with E-state index in [4.69, 9.17) is 4.84 Å². The van der Waals surface area contributed by atoms with Crippen molar-refractivity contribution in [2.45, 2.75) is 50.2 Å². The van der Waals surface area contributed by atoms with Gasteiger partial charge in [-0.15, -0.1) is 0 Å². The second kappa shape index (κ2) is 9.43. The molecule has 2 aliphatic heterocycles. The number of hydroxylamine groups is 1. The zero-order chi connectivity index (χ0) is 22.8. The van der Waals surface area contributed by atoms with E-state index in [0.717, 1.165) is 44.3 Å². The van der Waals surface area contributed by atoms with E-state index >= 15 is 0 Å². The Bertz CT molecular complexity index is 998. The molecule has 0 aromatic heterocycles. The average molecular weight is 449 g/mol. The van der Waals surface area contributed by atoms with Crippen molar-refractivity contribution in [2.75, 3.05) is 19.0 Å². The van der Waals surface area contributed by atoms with E-state index in [0.29, 0.717) is 5.92 Å². The van der Waals surface area contributed by atoms with E-state index in [1.807, 2.05) is 12.1 Å². The highest BCUT2D eigenvalue weighted by Crippen LogP contribution is 2.51. The first-order valence-corrected chi connectivity index (χ1v) is 12.0. The minimum absolute atomic E-state index is 0.0375. The molecule has 33 heavy (non-hydrogen) atoms. The fourth-order valence-electron chi connectivity index (χ4n) is 6.07. The topological polar surface area (TPSA) is 82.7 Å². The Kier molecular flexibility index (Phi) is 6.22. The van der Waals surface area contributed by atoms with Crippen LogP contribution >= 0.6 is 0 Å². The van der Waals surface area contributed by atoms with Crippen LogP contribution in [0, 0.1) is 11.8 Å². The summed E-state index contributed by atoms with van der Waals surface area (Å²) in [5.41, 5.74) is 5.87. The lowest BCUT2D eigenvalue weighted by Gasteiger charge is -2.42. The van der Waals surface area contributed by atoms with Crippen molar-refractivity contribution in [3.05, 3.63) is 65.7 Å². The summed E-state index contributed by atoms with van der Waals surface area (Å²) in [5.74, 6) is 0.254. The molecule has 7 heteroatoms. The Hall–Kier alpha value is -3.06. The normalized spacial score (nSPS) is 28.3. The number of rotatable bonds is 4. The molecular weight excluding hydrogens is 416 g/mol. The predicted octanol–water partition coefficient (Wildman–Crippen LogP) is 4.16. The van der Waals surface area contributed by atoms with Crippen LogP contribution in [0.15, 0.2) is 54.6 Å². The summed E-state index contributed by atoms with van der Waals surface area (Å²) in [5, 5.41) is 6.72. The molecule has 5 rings (SSSR count). The molecule has 174 valence electrons. The van der Waals surface area contributed by atoms with Gasteiger partial charge in [0.05, 0.1) is 25.1 Å². The number of amides is 3. The van der Waals surface area contributed by atoms with Crippen LogP contribution in [0.1, 0.15) is 55.3 Å². The van der Waals surface area contributed by atoms with E-state index in [2.05, 4.69) is 63.5 Å². The van der Waals surface area contributed by atoms with Crippen LogP contribution in [0.25, 0.3) is 0 Å². The van der Waals surface area contributed by atoms with Gasteiger partial charge in [-0.1, -0.05) is 61.4 Å². The minimum Gasteiger partial charge on any atom is -0.378 e. The molecule has 7 nitrogen and oxygen atoms in total. The molecule has 3 N–H and O–H groups in total. The molecule has 2 fully saturated rings. The fraction of sp³-hybridized carbons (Fsp3) is 0.462. The van der Waals surface area contributed by atoms with Crippen molar-refractivity contribution in [3.8, 4) is 0 Å². The number of para-hydroxylation sites is 1. The number of carbonyl (C=O) groups is 2. The summed E-state index contributed by atoms with van der Waals surface area (Å²) < 4.78 is 0. The Morgan fingerprint density at radius 2 is 1.76 bits per heavy atom. The SMILES string of the molecule is CONC(=O)N[C@@H]1CCCC[C@@H]1C(=O)N1CC[C@H]2[C@H](c3ccccc3)Nc3ccccc3[C@@H]21. The van der Waals surface area contributed by atoms with Gasteiger partial charge < -0.3 is 15.5 Å². The van der Waals surface area contributed by atoms with Crippen LogP contribution in [0.5, 0.6) is 0 Å². The van der Waals surface area contributed by atoms with Crippen LogP contribution in [0.4, 0.5) is 10.5 Å². The number of nitrogens with one attached hydrogen (secondary N) is 3. The summed E-state index contributed by atoms with van der Waals surface area (Å²) in [6.07, 6.45) is 4.57. The molecule has 1 saturated heterocycles. The molecule has 0 bridgehead atoms. The highest BCUT2D eigenvalue weighted by Gasteiger charge is 2.48. The molecule has 2 aromatic rings. The van der Waals surface area contributed by atoms with Gasteiger partial charge in [-0.25, -0.2) is 10.3 Å². The minimum atomic E-state index is -0.391. The zero-order valence-corrected chi connectivity index (χ0v) is 19.0. The first kappa shape index (κ1) is 21.8. The Morgan fingerprint density at radius 1 is 1.00 bits per heavy atom. The van der Waals surface area contributed by atoms with Gasteiger partial charge in [-0.2, -0.15) is 0 Å². The zero-order valence-electron chi connectivity index (χ0n) is 19.0. The van der Waals surface area contributed by atoms with E-state index in [9.17, 15) is 9.59 Å². The van der Waals surface area contributed by atoms with Crippen LogP contribution in [-0.4, -0.2) is 36.5 Å². The van der Waals surface area contributed by atoms with Gasteiger partial charge in [-0.05, 0) is 36.5 Å². The number of fused-ring (bicyclic) bond motifs is 3. The summed E-state index contributed by atoms with van der Waals surface area (Å²) >= 11 is 0. The third kappa shape index (κ3) is 4.17. The Morgan fingerprint density at radius 3 is 2.58 bits per heavy atom. The predicted molar refractivity (Wildman–Crippen MR) is 126 cm³/mol. The van der Waals surface area contributed by atoms with Gasteiger partial charge in [0.1, 0.15) is 0 Å². The van der Waals surface area contributed by atoms with Crippen molar-refractivity contribution in [2.24, 2.45) is 11.8 Å². The lowest BCUT2D eigenvalue weighted by molar-refractivity contribution is -0.138. The van der Waals surface area contributed by atoms with Gasteiger partial charge in [0.25, 0.3) is 0 Å². The maximum Gasteiger partial charge on any atom is 0.338 e. The third-order valence-electron chi connectivity index (χ3n) is 7.50. The van der Waals surface area contributed by atoms with Gasteiger partial charge >= 0.3 is 6.03 Å². The number of anilines is 1. The van der Waals surface area contributed by atoms with Crippen LogP contribution in [-0.2, 0) is 9.63 Å². The van der Waals surface area contributed by atoms with Gasteiger partial charge in [0.2, 0.25) is 5.91 Å². The lowest BCUT2D eigenvalue weighted by atomic mass is 9.79. The van der Waals surface area contributed by atoms with Crippen molar-refractivity contribution in [3.63, 3.8) is 0 Å². The van der Waals surface area contributed by atoms with Gasteiger partial charge in [0, 0.05) is 24.2 Å². The number of hydrogen-bond donors (Lipinski definition) is 3. The molecular formula is C26H32N4O3. The maximum absolute atomic E-state index is 14.0. The molecule has 2 heterocycles. The number of carbonyl (C=O) groups excluding carboxylic acids is 2. The first-order chi connectivity index (χ1) is 16.2. The van der Waals surface area contributed by atoms with E-state index in [1.165, 1.54) is 18.2 Å². The summed E-state index contributed by atoms with van der Waals surface area (Å²) in [7, 11) is 1.41. The lowest BCUT2D eigenvalue weighted by Crippen LogP contribution is -2.52. The number of nitrogens with zero attached hydrogens (tertiary/aromatic N) is 1. The quantitative estimate of drug-likeness (QED) is 0.614. The van der Waals surface area contributed by atoms with E-state index in [1.54, 1.807) is 0 Å². The third-order valence-corrected chi connectivity index (χ3v) is 7.50. The molecule has 3 aliphatic rings. The Labute approximate surface area is 194 Å². The summed E-state index contributed by atoms with van der Waals surface area (Å²) in [4.78, 5) is 32.9. The van der Waals surface area contributed by atoms with Gasteiger partial charge in [0.15, 0.2) is 0 Å². The first-order valence-electron chi connectivity index (χ1n) is 12.0. The summed E-state index contributed by atoms with van der Waals surface area (Å²) in [6.45, 7) is 0.737. The van der Waals surface area contributed by atoms with Crippen molar-refractivity contribution in [1.29, 1.82) is 0 Å². The van der Waals surface area contributed by atoms with Gasteiger partial charge in [-0.3, -0.25) is 9.63 Å². The van der Waals surface area contributed by atoms with E-state index in [-0.39, 0.29) is 30.0 Å². The molecule has 5 atom stereocenters. The Balaban J connectivity index is 1.43. The smallest absolute Gasteiger partial charge is 0.338 e. The molecule has 2 aromatic carbocycles. The largest absolute Gasteiger partial charge is 0.378 e. The monoisotopic (exact) mass is 448 g/mol. The number of benzene rings is 2. The average Bonchev–Trinajstić information content (AvgIpc) is 3.30. The fourth-order valence-corrected chi connectivity index (χ4v) is 6.07. The van der Waals surface area contributed by atoms with Crippen molar-refractivity contribution >= 4 is 17.6 Å². The van der Waals surface area contributed by atoms with Crippen LogP contribution < -0.4 is 16.1 Å². The molecule has 1 aliphatic carbocycles. The number of hydrogen-bond acceptors (Lipinski definition) is 4. The number of urea groups is 1. The molecule has 3 amide bonds. The van der Waals surface area contributed by atoms with Crippen molar-refractivity contribution in [1.82, 2.24) is 15.7 Å². The second-order valence-corrected chi connectivity index (χ2v) is 9.33. The molecule has 1 saturated carbocycles. The molecule has 0 spiro atoms. The van der Waals surface area contributed by atoms with Crippen LogP contribution in [0.2, 0.25) is 0 Å². The molecule has 0 unspecified atom stereocenters. The standard InChI is InChI=1S/C26H32N4O3/c1-33-29-26(32)28-22-14-8-6-12-19(22)25(31)30-16-15-20-23(17-9-3-2-4-10-17)27-21-13-7-5-11-18(21)24(20)30/h2-5,7,9-11,13,19-20,22-24,27H,6,8,12,14-16H2,1H3,(H2,28,29,32)/t19-,20-,22+,23-,24-/m0/s1. The molecule has 0 radical (unpaired) electrons. The number of likely N-dealkylation sites (tertiary alicyclic amines) is 1. The second-order valence-electron chi connectivity index (χ2n) is 9.33. The van der Waals surface area contributed by atoms with E-state index < -0.39 is 6.03 Å². The highest BCUT2D eigenvalue weighted by molar-refractivity contribution is 5.82. The summed E-state index contributed by atoms with van der Waals surface area (Å²) in [6, 6.07) is 18.5. The van der Waals surface area contributed by atoms with Crippen molar-refractivity contribution < 1.29 is 14.4 Å². The highest BCUT2D eigenvalue weighted by atomic mass is 16.6. The van der Waals surface area contributed by atoms with Crippen LogP contribution in [0.3, 0.4) is 0 Å².